The molecule has 0 bridgehead atoms. The van der Waals surface area contributed by atoms with Gasteiger partial charge in [0.25, 0.3) is 0 Å². The van der Waals surface area contributed by atoms with Gasteiger partial charge in [-0.3, -0.25) is 4.79 Å². The Morgan fingerprint density at radius 3 is 2.85 bits per heavy atom. The van der Waals surface area contributed by atoms with Gasteiger partial charge in [0.2, 0.25) is 0 Å². The van der Waals surface area contributed by atoms with Crippen LogP contribution in [-0.4, -0.2) is 5.78 Å². The average molecular weight is 175 g/mol. The molecule has 0 aromatic heterocycles. The Morgan fingerprint density at radius 1 is 1.38 bits per heavy atom. The molecule has 13 heavy (non-hydrogen) atoms. The molecule has 0 fully saturated rings. The van der Waals surface area contributed by atoms with E-state index in [4.69, 9.17) is 5.26 Å². The number of hydrogen-bond donors (Lipinski definition) is 0. The summed E-state index contributed by atoms with van der Waals surface area (Å²) in [6.45, 7) is 0. The van der Waals surface area contributed by atoms with Crippen molar-refractivity contribution in [2.45, 2.75) is 12.8 Å². The lowest BCUT2D eigenvalue weighted by Crippen LogP contribution is -1.97. The maximum Gasteiger partial charge on any atom is 0.166 e. The molecule has 0 unspecified atom stereocenters. The van der Waals surface area contributed by atoms with E-state index in [1.165, 1.54) is 12.1 Å². The van der Waals surface area contributed by atoms with Gasteiger partial charge in [0.05, 0.1) is 17.2 Å². The number of nitriles is 1. The minimum absolute atomic E-state index is 0.124. The Hall–Kier alpha value is -1.69. The molecule has 0 aliphatic heterocycles. The molecule has 0 atom stereocenters. The Balaban J connectivity index is 2.74. The highest BCUT2D eigenvalue weighted by molar-refractivity contribution is 6.01. The van der Waals surface area contributed by atoms with Crippen molar-refractivity contribution in [2.75, 3.05) is 0 Å². The molecule has 1 aliphatic carbocycles. The lowest BCUT2D eigenvalue weighted by Gasteiger charge is -2.00. The number of benzene rings is 1. The molecule has 3 heteroatoms. The molecule has 0 saturated heterocycles. The summed E-state index contributed by atoms with van der Waals surface area (Å²) in [5.74, 6) is -0.693. The van der Waals surface area contributed by atoms with Gasteiger partial charge in [0, 0.05) is 6.42 Å². The molecule has 0 heterocycles. The molecule has 0 radical (unpaired) electrons. The van der Waals surface area contributed by atoms with Crippen LogP contribution in [0.1, 0.15) is 27.9 Å². The van der Waals surface area contributed by atoms with Gasteiger partial charge < -0.3 is 0 Å². The summed E-state index contributed by atoms with van der Waals surface area (Å²) in [4.78, 5) is 11.2. The van der Waals surface area contributed by atoms with E-state index in [0.717, 1.165) is 0 Å². The number of Topliss-reactive ketones (excluding diaryl/α,β-unsaturated/α-hetero) is 1. The highest BCUT2D eigenvalue weighted by Crippen LogP contribution is 2.27. The van der Waals surface area contributed by atoms with E-state index < -0.39 is 5.82 Å². The van der Waals surface area contributed by atoms with Crippen LogP contribution >= 0.6 is 0 Å². The van der Waals surface area contributed by atoms with Crippen LogP contribution in [0, 0.1) is 17.1 Å². The third-order valence-corrected chi connectivity index (χ3v) is 2.26. The van der Waals surface area contributed by atoms with Crippen molar-refractivity contribution in [1.82, 2.24) is 0 Å². The molecule has 0 N–H and O–H groups in total. The molecule has 1 aliphatic rings. The van der Waals surface area contributed by atoms with Crippen LogP contribution in [0.4, 0.5) is 4.39 Å². The van der Waals surface area contributed by atoms with Crippen LogP contribution in [0.15, 0.2) is 12.1 Å². The lowest BCUT2D eigenvalue weighted by atomic mass is 10.0. The third-order valence-electron chi connectivity index (χ3n) is 2.26. The molecular formula is C10H6FNO. The van der Waals surface area contributed by atoms with E-state index in [0.29, 0.717) is 24.0 Å². The minimum Gasteiger partial charge on any atom is -0.294 e. The van der Waals surface area contributed by atoms with E-state index in [9.17, 15) is 9.18 Å². The molecule has 0 spiro atoms. The van der Waals surface area contributed by atoms with Gasteiger partial charge in [0.15, 0.2) is 5.78 Å². The van der Waals surface area contributed by atoms with Gasteiger partial charge >= 0.3 is 0 Å². The van der Waals surface area contributed by atoms with E-state index in [-0.39, 0.29) is 11.3 Å². The highest BCUT2D eigenvalue weighted by atomic mass is 19.1. The maximum atomic E-state index is 13.1. The van der Waals surface area contributed by atoms with Crippen molar-refractivity contribution >= 4 is 5.78 Å². The summed E-state index contributed by atoms with van der Waals surface area (Å²) < 4.78 is 13.1. The summed E-state index contributed by atoms with van der Waals surface area (Å²) in [6, 6.07) is 4.56. The van der Waals surface area contributed by atoms with Crippen LogP contribution in [0.2, 0.25) is 0 Å². The van der Waals surface area contributed by atoms with Gasteiger partial charge in [-0.2, -0.15) is 5.26 Å². The number of hydrogen-bond acceptors (Lipinski definition) is 2. The van der Waals surface area contributed by atoms with Gasteiger partial charge in [0.1, 0.15) is 5.82 Å². The predicted octanol–water partition coefficient (Wildman–Crippen LogP) is 1.83. The van der Waals surface area contributed by atoms with Crippen molar-refractivity contribution in [3.8, 4) is 6.07 Å². The van der Waals surface area contributed by atoms with Crippen molar-refractivity contribution < 1.29 is 9.18 Å². The first-order valence-electron chi connectivity index (χ1n) is 3.98. The maximum absolute atomic E-state index is 13.1. The van der Waals surface area contributed by atoms with Crippen molar-refractivity contribution in [3.05, 3.63) is 34.6 Å². The van der Waals surface area contributed by atoms with Crippen molar-refractivity contribution in [2.24, 2.45) is 0 Å². The van der Waals surface area contributed by atoms with E-state index in [2.05, 4.69) is 0 Å². The predicted molar refractivity (Wildman–Crippen MR) is 43.8 cm³/mol. The quantitative estimate of drug-likeness (QED) is 0.603. The number of rotatable bonds is 0. The summed E-state index contributed by atoms with van der Waals surface area (Å²) in [5.41, 5.74) is 1.12. The number of nitrogens with zero attached hydrogens (tertiary/aromatic N) is 1. The zero-order valence-corrected chi connectivity index (χ0v) is 6.80. The molecule has 1 aromatic rings. The molecular weight excluding hydrogens is 169 g/mol. The fourth-order valence-electron chi connectivity index (χ4n) is 1.65. The number of carbonyl (C=O) groups is 1. The standard InChI is InChI=1S/C10H6FNO/c11-8-3-1-6(5-12)7-2-4-9(13)10(7)8/h1,3H,2,4H2. The highest BCUT2D eigenvalue weighted by Gasteiger charge is 2.25. The second-order valence-electron chi connectivity index (χ2n) is 2.98. The number of ketones is 1. The summed E-state index contributed by atoms with van der Waals surface area (Å²) >= 11 is 0. The summed E-state index contributed by atoms with van der Waals surface area (Å²) in [6.07, 6.45) is 0.819. The van der Waals surface area contributed by atoms with E-state index in [1.54, 1.807) is 0 Å². The monoisotopic (exact) mass is 175 g/mol. The molecule has 2 rings (SSSR count). The van der Waals surface area contributed by atoms with Crippen LogP contribution in [0.25, 0.3) is 0 Å². The Bertz CT molecular complexity index is 431. The first kappa shape index (κ1) is 7.93. The summed E-state index contributed by atoms with van der Waals surface area (Å²) in [5, 5.41) is 8.70. The smallest absolute Gasteiger partial charge is 0.166 e. The van der Waals surface area contributed by atoms with Crippen LogP contribution in [0.5, 0.6) is 0 Å². The average Bonchev–Trinajstić information content (AvgIpc) is 2.50. The topological polar surface area (TPSA) is 40.9 Å². The van der Waals surface area contributed by atoms with Crippen molar-refractivity contribution in [1.29, 1.82) is 5.26 Å². The number of fused-ring (bicyclic) bond motifs is 1. The molecule has 0 saturated carbocycles. The van der Waals surface area contributed by atoms with Crippen molar-refractivity contribution in [3.63, 3.8) is 0 Å². The fourth-order valence-corrected chi connectivity index (χ4v) is 1.65. The largest absolute Gasteiger partial charge is 0.294 e. The lowest BCUT2D eigenvalue weighted by molar-refractivity contribution is 0.0991. The number of carbonyl (C=O) groups excluding carboxylic acids is 1. The first-order valence-corrected chi connectivity index (χ1v) is 3.98. The van der Waals surface area contributed by atoms with Gasteiger partial charge in [-0.25, -0.2) is 4.39 Å². The second-order valence-corrected chi connectivity index (χ2v) is 2.98. The first-order chi connectivity index (χ1) is 6.24. The van der Waals surface area contributed by atoms with Crippen LogP contribution < -0.4 is 0 Å². The van der Waals surface area contributed by atoms with Crippen LogP contribution in [-0.2, 0) is 6.42 Å². The minimum atomic E-state index is -0.503. The molecule has 64 valence electrons. The second kappa shape index (κ2) is 2.67. The molecule has 0 amide bonds. The van der Waals surface area contributed by atoms with E-state index >= 15 is 0 Å². The zero-order chi connectivity index (χ0) is 9.42. The third kappa shape index (κ3) is 1.03. The molecule has 1 aromatic carbocycles. The van der Waals surface area contributed by atoms with Gasteiger partial charge in [-0.05, 0) is 24.1 Å². The SMILES string of the molecule is N#Cc1ccc(F)c2c1CCC2=O. The Morgan fingerprint density at radius 2 is 2.15 bits per heavy atom. The Labute approximate surface area is 74.6 Å². The molecule has 2 nitrogen and oxygen atoms in total. The number of halogens is 1. The summed E-state index contributed by atoms with van der Waals surface area (Å²) in [7, 11) is 0. The van der Waals surface area contributed by atoms with Gasteiger partial charge in [-0.15, -0.1) is 0 Å². The van der Waals surface area contributed by atoms with Crippen LogP contribution in [0.3, 0.4) is 0 Å². The zero-order valence-electron chi connectivity index (χ0n) is 6.80. The Kier molecular flexibility index (Phi) is 1.63. The van der Waals surface area contributed by atoms with Gasteiger partial charge in [-0.1, -0.05) is 0 Å². The normalized spacial score (nSPS) is 14.0. The fraction of sp³-hybridized carbons (Fsp3) is 0.200. The van der Waals surface area contributed by atoms with E-state index in [1.807, 2.05) is 6.07 Å².